The Labute approximate surface area is 124 Å². The number of rotatable bonds is 6. The van der Waals surface area contributed by atoms with Crippen molar-refractivity contribution in [3.63, 3.8) is 0 Å². The van der Waals surface area contributed by atoms with Crippen molar-refractivity contribution in [2.45, 2.75) is 13.0 Å². The highest BCUT2D eigenvalue weighted by Crippen LogP contribution is 2.20. The molecule has 106 valence electrons. The molecule has 0 radical (unpaired) electrons. The molecule has 0 heterocycles. The van der Waals surface area contributed by atoms with Gasteiger partial charge in [0.05, 0.1) is 10.7 Å². The Morgan fingerprint density at radius 2 is 1.85 bits per heavy atom. The molecular weight excluding hydrogens is 274 g/mol. The first-order valence-corrected chi connectivity index (χ1v) is 6.89. The Kier molecular flexibility index (Phi) is 5.27. The zero-order valence-corrected chi connectivity index (χ0v) is 12.1. The Hall–Kier alpha value is -1.71. The van der Waals surface area contributed by atoms with Gasteiger partial charge in [-0.25, -0.2) is 0 Å². The van der Waals surface area contributed by atoms with Crippen molar-refractivity contribution >= 4 is 17.3 Å². The van der Waals surface area contributed by atoms with E-state index in [1.165, 1.54) is 5.56 Å². The van der Waals surface area contributed by atoms with Crippen LogP contribution < -0.4 is 10.1 Å². The van der Waals surface area contributed by atoms with Gasteiger partial charge in [0.25, 0.3) is 0 Å². The maximum Gasteiger partial charge on any atom is 0.119 e. The molecule has 0 saturated carbocycles. The van der Waals surface area contributed by atoms with Gasteiger partial charge in [-0.3, -0.25) is 0 Å². The first-order chi connectivity index (χ1) is 9.65. The molecule has 0 aliphatic heterocycles. The van der Waals surface area contributed by atoms with Crippen LogP contribution in [0.3, 0.4) is 0 Å². The van der Waals surface area contributed by atoms with E-state index in [-0.39, 0.29) is 6.61 Å². The average Bonchev–Trinajstić information content (AvgIpc) is 2.46. The van der Waals surface area contributed by atoms with Crippen LogP contribution in [0.1, 0.15) is 5.56 Å². The minimum atomic E-state index is -0.604. The van der Waals surface area contributed by atoms with Crippen LogP contribution in [0.2, 0.25) is 5.02 Å². The number of benzene rings is 2. The lowest BCUT2D eigenvalue weighted by Crippen LogP contribution is -2.26. The summed E-state index contributed by atoms with van der Waals surface area (Å²) in [6.07, 6.45) is -0.604. The molecule has 4 heteroatoms. The van der Waals surface area contributed by atoms with Crippen molar-refractivity contribution < 1.29 is 9.84 Å². The number of aliphatic hydroxyl groups excluding tert-OH is 1. The number of aliphatic hydroxyl groups is 1. The summed E-state index contributed by atoms with van der Waals surface area (Å²) in [5.41, 5.74) is 1.99. The monoisotopic (exact) mass is 291 g/mol. The normalized spacial score (nSPS) is 11.9. The molecule has 1 unspecified atom stereocenters. The van der Waals surface area contributed by atoms with Gasteiger partial charge in [-0.1, -0.05) is 41.4 Å². The smallest absolute Gasteiger partial charge is 0.119 e. The first-order valence-electron chi connectivity index (χ1n) is 6.51. The maximum atomic E-state index is 9.89. The van der Waals surface area contributed by atoms with Gasteiger partial charge < -0.3 is 15.2 Å². The summed E-state index contributed by atoms with van der Waals surface area (Å²) < 4.78 is 5.52. The second-order valence-electron chi connectivity index (χ2n) is 4.64. The number of anilines is 1. The van der Waals surface area contributed by atoms with Gasteiger partial charge in [0.1, 0.15) is 18.5 Å². The van der Waals surface area contributed by atoms with E-state index in [1.807, 2.05) is 49.4 Å². The summed E-state index contributed by atoms with van der Waals surface area (Å²) in [5.74, 6) is 0.757. The number of ether oxygens (including phenoxy) is 1. The molecule has 0 amide bonds. The Morgan fingerprint density at radius 1 is 1.15 bits per heavy atom. The van der Waals surface area contributed by atoms with Crippen LogP contribution in [0.4, 0.5) is 5.69 Å². The summed E-state index contributed by atoms with van der Waals surface area (Å²) in [5, 5.41) is 13.6. The quantitative estimate of drug-likeness (QED) is 0.856. The molecule has 0 spiro atoms. The average molecular weight is 292 g/mol. The predicted molar refractivity (Wildman–Crippen MR) is 82.6 cm³/mol. The molecule has 1 atom stereocenters. The van der Waals surface area contributed by atoms with Gasteiger partial charge in [-0.2, -0.15) is 0 Å². The van der Waals surface area contributed by atoms with Crippen LogP contribution in [0.25, 0.3) is 0 Å². The standard InChI is InChI=1S/C16H18ClNO2/c1-12-6-8-14(9-7-12)20-11-13(19)10-18-16-5-3-2-4-15(16)17/h2-9,13,18-19H,10-11H2,1H3. The van der Waals surface area contributed by atoms with Crippen molar-refractivity contribution in [1.82, 2.24) is 0 Å². The van der Waals surface area contributed by atoms with Crippen LogP contribution in [0.5, 0.6) is 5.75 Å². The van der Waals surface area contributed by atoms with Crippen molar-refractivity contribution in [2.75, 3.05) is 18.5 Å². The van der Waals surface area contributed by atoms with Crippen LogP contribution in [-0.4, -0.2) is 24.4 Å². The van der Waals surface area contributed by atoms with Crippen molar-refractivity contribution in [3.05, 3.63) is 59.1 Å². The first kappa shape index (κ1) is 14.7. The highest BCUT2D eigenvalue weighted by molar-refractivity contribution is 6.33. The van der Waals surface area contributed by atoms with Crippen molar-refractivity contribution in [3.8, 4) is 5.75 Å². The summed E-state index contributed by atoms with van der Waals surface area (Å²) in [6, 6.07) is 15.2. The molecule has 0 aliphatic carbocycles. The van der Waals surface area contributed by atoms with E-state index in [2.05, 4.69) is 5.32 Å². The van der Waals surface area contributed by atoms with Gasteiger partial charge in [0.15, 0.2) is 0 Å². The fraction of sp³-hybridized carbons (Fsp3) is 0.250. The molecule has 0 aliphatic rings. The van der Waals surface area contributed by atoms with Gasteiger partial charge in [-0.15, -0.1) is 0 Å². The molecule has 2 aromatic carbocycles. The maximum absolute atomic E-state index is 9.89. The molecule has 2 rings (SSSR count). The fourth-order valence-electron chi connectivity index (χ4n) is 1.72. The third-order valence-electron chi connectivity index (χ3n) is 2.87. The minimum Gasteiger partial charge on any atom is -0.491 e. The molecule has 0 saturated heterocycles. The lowest BCUT2D eigenvalue weighted by atomic mass is 10.2. The Morgan fingerprint density at radius 3 is 2.55 bits per heavy atom. The predicted octanol–water partition coefficient (Wildman–Crippen LogP) is 3.50. The van der Waals surface area contributed by atoms with E-state index in [0.717, 1.165) is 11.4 Å². The Balaban J connectivity index is 1.77. The lowest BCUT2D eigenvalue weighted by Gasteiger charge is -2.14. The van der Waals surface area contributed by atoms with E-state index in [1.54, 1.807) is 6.07 Å². The second kappa shape index (κ2) is 7.17. The largest absolute Gasteiger partial charge is 0.491 e. The van der Waals surface area contributed by atoms with E-state index in [0.29, 0.717) is 11.6 Å². The molecule has 0 aromatic heterocycles. The molecule has 0 bridgehead atoms. The zero-order chi connectivity index (χ0) is 14.4. The molecule has 2 N–H and O–H groups in total. The number of aryl methyl sites for hydroxylation is 1. The van der Waals surface area contributed by atoms with E-state index in [4.69, 9.17) is 16.3 Å². The number of halogens is 1. The van der Waals surface area contributed by atoms with E-state index >= 15 is 0 Å². The lowest BCUT2D eigenvalue weighted by molar-refractivity contribution is 0.117. The summed E-state index contributed by atoms with van der Waals surface area (Å²) in [7, 11) is 0. The summed E-state index contributed by atoms with van der Waals surface area (Å²) in [6.45, 7) is 2.64. The molecule has 3 nitrogen and oxygen atoms in total. The van der Waals surface area contributed by atoms with Crippen LogP contribution in [-0.2, 0) is 0 Å². The van der Waals surface area contributed by atoms with Gasteiger partial charge in [0.2, 0.25) is 0 Å². The van der Waals surface area contributed by atoms with Crippen molar-refractivity contribution in [1.29, 1.82) is 0 Å². The minimum absolute atomic E-state index is 0.237. The van der Waals surface area contributed by atoms with Gasteiger partial charge in [0, 0.05) is 6.54 Å². The number of hydrogen-bond acceptors (Lipinski definition) is 3. The van der Waals surface area contributed by atoms with E-state index < -0.39 is 6.10 Å². The highest BCUT2D eigenvalue weighted by Gasteiger charge is 2.06. The molecular formula is C16H18ClNO2. The highest BCUT2D eigenvalue weighted by atomic mass is 35.5. The number of para-hydroxylation sites is 1. The topological polar surface area (TPSA) is 41.5 Å². The third-order valence-corrected chi connectivity index (χ3v) is 3.19. The van der Waals surface area contributed by atoms with Crippen molar-refractivity contribution in [2.24, 2.45) is 0 Å². The molecule has 20 heavy (non-hydrogen) atoms. The SMILES string of the molecule is Cc1ccc(OCC(O)CNc2ccccc2Cl)cc1. The summed E-state index contributed by atoms with van der Waals surface area (Å²) >= 11 is 6.02. The van der Waals surface area contributed by atoms with E-state index in [9.17, 15) is 5.11 Å². The van der Waals surface area contributed by atoms with Crippen LogP contribution in [0, 0.1) is 6.92 Å². The van der Waals surface area contributed by atoms with Crippen LogP contribution >= 0.6 is 11.6 Å². The van der Waals surface area contributed by atoms with Crippen LogP contribution in [0.15, 0.2) is 48.5 Å². The van der Waals surface area contributed by atoms with Gasteiger partial charge >= 0.3 is 0 Å². The Bertz CT molecular complexity index is 542. The second-order valence-corrected chi connectivity index (χ2v) is 5.05. The molecule has 2 aromatic rings. The van der Waals surface area contributed by atoms with Gasteiger partial charge in [-0.05, 0) is 31.2 Å². The zero-order valence-electron chi connectivity index (χ0n) is 11.3. The number of hydrogen-bond donors (Lipinski definition) is 2. The summed E-state index contributed by atoms with van der Waals surface area (Å²) in [4.78, 5) is 0. The number of nitrogens with one attached hydrogen (secondary N) is 1. The third kappa shape index (κ3) is 4.44. The fourth-order valence-corrected chi connectivity index (χ4v) is 1.92. The molecule has 0 fully saturated rings.